The summed E-state index contributed by atoms with van der Waals surface area (Å²) in [5.74, 6) is 1.41. The Morgan fingerprint density at radius 3 is 2.50 bits per heavy atom. The minimum absolute atomic E-state index is 0.503. The number of hydrogen-bond acceptors (Lipinski definition) is 4. The normalized spacial score (nSPS) is 15.3. The molecule has 1 heterocycles. The van der Waals surface area contributed by atoms with Crippen LogP contribution in [0.15, 0.2) is 0 Å². The van der Waals surface area contributed by atoms with Gasteiger partial charge < -0.3 is 10.2 Å². The summed E-state index contributed by atoms with van der Waals surface area (Å²) in [4.78, 5) is 8.89. The monoisotopic (exact) mass is 295 g/mol. The molecule has 0 aromatic carbocycles. The lowest BCUT2D eigenvalue weighted by atomic mass is 10.1. The van der Waals surface area contributed by atoms with Crippen LogP contribution in [0.5, 0.6) is 0 Å². The van der Waals surface area contributed by atoms with Gasteiger partial charge in [0.15, 0.2) is 5.13 Å². The van der Waals surface area contributed by atoms with Gasteiger partial charge in [-0.15, -0.1) is 11.3 Å². The lowest BCUT2D eigenvalue weighted by Gasteiger charge is -2.26. The number of thiazole rings is 1. The Bertz CT molecular complexity index is 421. The molecule has 1 saturated carbocycles. The second-order valence-corrected chi connectivity index (χ2v) is 7.49. The van der Waals surface area contributed by atoms with Crippen molar-refractivity contribution in [2.75, 3.05) is 18.0 Å². The average Bonchev–Trinajstić information content (AvgIpc) is 3.11. The molecule has 1 aliphatic carbocycles. The van der Waals surface area contributed by atoms with Crippen molar-refractivity contribution in [3.05, 3.63) is 10.6 Å². The number of nitrogens with zero attached hydrogens (tertiary/aromatic N) is 2. The molecule has 0 aliphatic heterocycles. The van der Waals surface area contributed by atoms with Gasteiger partial charge in [0, 0.05) is 24.0 Å². The third-order valence-electron chi connectivity index (χ3n) is 3.82. The highest BCUT2D eigenvalue weighted by Gasteiger charge is 2.28. The first-order valence-electron chi connectivity index (χ1n) is 7.99. The van der Waals surface area contributed by atoms with Crippen LogP contribution in [-0.2, 0) is 6.54 Å². The van der Waals surface area contributed by atoms with Crippen molar-refractivity contribution in [2.45, 2.75) is 66.0 Å². The highest BCUT2D eigenvalue weighted by molar-refractivity contribution is 7.15. The number of nitrogens with one attached hydrogen (secondary N) is 1. The van der Waals surface area contributed by atoms with Crippen LogP contribution < -0.4 is 10.2 Å². The SMILES string of the molecule is CCNCc1sc(N(CC2CC2)C(C)C)nc1C(C)C. The van der Waals surface area contributed by atoms with E-state index in [1.54, 1.807) is 0 Å². The van der Waals surface area contributed by atoms with Crippen molar-refractivity contribution in [3.8, 4) is 0 Å². The molecule has 0 amide bonds. The molecule has 1 N–H and O–H groups in total. The Kier molecular flexibility index (Phi) is 5.44. The van der Waals surface area contributed by atoms with E-state index in [9.17, 15) is 0 Å². The summed E-state index contributed by atoms with van der Waals surface area (Å²) in [5.41, 5.74) is 1.28. The lowest BCUT2D eigenvalue weighted by molar-refractivity contribution is 0.640. The Labute approximate surface area is 127 Å². The molecule has 20 heavy (non-hydrogen) atoms. The summed E-state index contributed by atoms with van der Waals surface area (Å²) in [6, 6.07) is 0.536. The average molecular weight is 295 g/mol. The summed E-state index contributed by atoms with van der Waals surface area (Å²) >= 11 is 1.89. The van der Waals surface area contributed by atoms with Gasteiger partial charge in [0.1, 0.15) is 0 Å². The zero-order chi connectivity index (χ0) is 14.7. The molecule has 2 rings (SSSR count). The van der Waals surface area contributed by atoms with Crippen LogP contribution >= 0.6 is 11.3 Å². The molecule has 0 spiro atoms. The van der Waals surface area contributed by atoms with Crippen molar-refractivity contribution >= 4 is 16.5 Å². The van der Waals surface area contributed by atoms with Crippen LogP contribution in [0.25, 0.3) is 0 Å². The van der Waals surface area contributed by atoms with E-state index in [0.29, 0.717) is 12.0 Å². The second-order valence-electron chi connectivity index (χ2n) is 6.43. The fourth-order valence-electron chi connectivity index (χ4n) is 2.38. The molecule has 0 unspecified atom stereocenters. The molecule has 114 valence electrons. The van der Waals surface area contributed by atoms with E-state index in [1.807, 2.05) is 11.3 Å². The van der Waals surface area contributed by atoms with Crippen molar-refractivity contribution < 1.29 is 0 Å². The van der Waals surface area contributed by atoms with Crippen molar-refractivity contribution in [3.63, 3.8) is 0 Å². The van der Waals surface area contributed by atoms with Gasteiger partial charge in [0.2, 0.25) is 0 Å². The van der Waals surface area contributed by atoms with Crippen molar-refractivity contribution in [2.24, 2.45) is 5.92 Å². The van der Waals surface area contributed by atoms with Gasteiger partial charge in [-0.1, -0.05) is 20.8 Å². The molecule has 3 nitrogen and oxygen atoms in total. The Hall–Kier alpha value is -0.610. The topological polar surface area (TPSA) is 28.2 Å². The lowest BCUT2D eigenvalue weighted by Crippen LogP contribution is -2.32. The van der Waals surface area contributed by atoms with Crippen LogP contribution in [0.3, 0.4) is 0 Å². The third-order valence-corrected chi connectivity index (χ3v) is 4.93. The van der Waals surface area contributed by atoms with Crippen molar-refractivity contribution in [1.29, 1.82) is 0 Å². The number of aromatic nitrogens is 1. The van der Waals surface area contributed by atoms with E-state index in [1.165, 1.54) is 35.1 Å². The summed E-state index contributed by atoms with van der Waals surface area (Å²) in [7, 11) is 0. The molecule has 1 aromatic rings. The smallest absolute Gasteiger partial charge is 0.186 e. The Morgan fingerprint density at radius 1 is 1.30 bits per heavy atom. The van der Waals surface area contributed by atoms with Gasteiger partial charge in [-0.2, -0.15) is 0 Å². The highest BCUT2D eigenvalue weighted by atomic mass is 32.1. The minimum atomic E-state index is 0.503. The first-order valence-corrected chi connectivity index (χ1v) is 8.81. The number of hydrogen-bond donors (Lipinski definition) is 1. The Balaban J connectivity index is 2.19. The molecule has 0 radical (unpaired) electrons. The first-order chi connectivity index (χ1) is 9.52. The summed E-state index contributed by atoms with van der Waals surface area (Å²) < 4.78 is 0. The van der Waals surface area contributed by atoms with Crippen LogP contribution in [0.1, 0.15) is 63.9 Å². The molecule has 1 fully saturated rings. The molecular formula is C16H29N3S. The fourth-order valence-corrected chi connectivity index (χ4v) is 3.71. The van der Waals surface area contributed by atoms with E-state index < -0.39 is 0 Å². The molecule has 0 saturated heterocycles. The van der Waals surface area contributed by atoms with E-state index in [2.05, 4.69) is 44.8 Å². The second kappa shape index (κ2) is 6.90. The maximum Gasteiger partial charge on any atom is 0.186 e. The van der Waals surface area contributed by atoms with Gasteiger partial charge in [0.05, 0.1) is 5.69 Å². The maximum atomic E-state index is 4.97. The molecule has 1 aliphatic rings. The molecular weight excluding hydrogens is 266 g/mol. The Morgan fingerprint density at radius 2 is 2.00 bits per heavy atom. The largest absolute Gasteiger partial charge is 0.345 e. The molecule has 0 bridgehead atoms. The highest BCUT2D eigenvalue weighted by Crippen LogP contribution is 2.36. The minimum Gasteiger partial charge on any atom is -0.345 e. The van der Waals surface area contributed by atoms with Crippen LogP contribution in [0, 0.1) is 5.92 Å². The molecule has 1 aromatic heterocycles. The maximum absolute atomic E-state index is 4.97. The van der Waals surface area contributed by atoms with Crippen LogP contribution in [-0.4, -0.2) is 24.1 Å². The van der Waals surface area contributed by atoms with Gasteiger partial charge >= 0.3 is 0 Å². The van der Waals surface area contributed by atoms with Gasteiger partial charge in [0.25, 0.3) is 0 Å². The standard InChI is InChI=1S/C16H29N3S/c1-6-17-9-14-15(11(2)3)18-16(20-14)19(12(4)5)10-13-7-8-13/h11-13,17H,6-10H2,1-5H3. The summed E-state index contributed by atoms with van der Waals surface area (Å²) in [6.07, 6.45) is 2.80. The summed E-state index contributed by atoms with van der Waals surface area (Å²) in [5, 5.41) is 4.67. The molecule has 4 heteroatoms. The van der Waals surface area contributed by atoms with Crippen molar-refractivity contribution in [1.82, 2.24) is 10.3 Å². The van der Waals surface area contributed by atoms with Gasteiger partial charge in [-0.3, -0.25) is 0 Å². The van der Waals surface area contributed by atoms with E-state index in [0.717, 1.165) is 19.0 Å². The van der Waals surface area contributed by atoms with E-state index in [-0.39, 0.29) is 0 Å². The zero-order valence-electron chi connectivity index (χ0n) is 13.6. The van der Waals surface area contributed by atoms with Crippen LogP contribution in [0.2, 0.25) is 0 Å². The van der Waals surface area contributed by atoms with Crippen LogP contribution in [0.4, 0.5) is 5.13 Å². The quantitative estimate of drug-likeness (QED) is 0.785. The van der Waals surface area contributed by atoms with Gasteiger partial charge in [-0.05, 0) is 45.1 Å². The first kappa shape index (κ1) is 15.8. The third kappa shape index (κ3) is 3.95. The zero-order valence-corrected chi connectivity index (χ0v) is 14.4. The van der Waals surface area contributed by atoms with E-state index in [4.69, 9.17) is 4.98 Å². The fraction of sp³-hybridized carbons (Fsp3) is 0.812. The number of rotatable bonds is 8. The predicted octanol–water partition coefficient (Wildman–Crippen LogP) is 4.00. The predicted molar refractivity (Wildman–Crippen MR) is 88.8 cm³/mol. The van der Waals surface area contributed by atoms with Gasteiger partial charge in [-0.25, -0.2) is 4.98 Å². The molecule has 0 atom stereocenters. The van der Waals surface area contributed by atoms with E-state index >= 15 is 0 Å². The summed E-state index contributed by atoms with van der Waals surface area (Å²) in [6.45, 7) is 14.4. The number of anilines is 1.